The Labute approximate surface area is 241 Å². The molecule has 2 saturated heterocycles. The fraction of sp³-hybridized carbons (Fsp3) is 0.481. The number of halogens is 1. The molecule has 2 aromatic heterocycles. The topological polar surface area (TPSA) is 162 Å². The number of carbonyl (C=O) groups is 1. The number of nitriles is 2. The third kappa shape index (κ3) is 5.03. The Hall–Kier alpha value is -4.33. The SMILES string of the molecule is CC(C)C1C(N2CCN(c3cc(C#N)cc(Nc4nc(NC5CC5)c5ncc(C#N)n5n4)c3Cl)CC2)CN1C(=O)O. The number of imidazole rings is 1. The number of carboxylic acid groups (broad SMARTS) is 1. The van der Waals surface area contributed by atoms with Crippen LogP contribution >= 0.6 is 11.6 Å². The van der Waals surface area contributed by atoms with Crippen LogP contribution in [-0.4, -0.2) is 91.4 Å². The van der Waals surface area contributed by atoms with E-state index in [-0.39, 0.29) is 29.6 Å². The Morgan fingerprint density at radius 2 is 1.93 bits per heavy atom. The Balaban J connectivity index is 1.23. The van der Waals surface area contributed by atoms with Crippen LogP contribution in [0.15, 0.2) is 18.3 Å². The smallest absolute Gasteiger partial charge is 0.407 e. The average Bonchev–Trinajstić information content (AvgIpc) is 3.65. The molecule has 0 radical (unpaired) electrons. The Morgan fingerprint density at radius 3 is 2.56 bits per heavy atom. The second-order valence-electron chi connectivity index (χ2n) is 11.0. The number of rotatable bonds is 7. The number of benzene rings is 1. The van der Waals surface area contributed by atoms with Crippen LogP contribution in [0, 0.1) is 28.6 Å². The van der Waals surface area contributed by atoms with Gasteiger partial charge in [-0.05, 0) is 30.9 Å². The van der Waals surface area contributed by atoms with Crippen LogP contribution in [0.2, 0.25) is 5.02 Å². The summed E-state index contributed by atoms with van der Waals surface area (Å²) in [7, 11) is 0. The van der Waals surface area contributed by atoms with E-state index in [0.717, 1.165) is 31.6 Å². The number of likely N-dealkylation sites (tertiary alicyclic amines) is 1. The normalized spacial score (nSPS) is 20.9. The van der Waals surface area contributed by atoms with Crippen LogP contribution in [0.3, 0.4) is 0 Å². The summed E-state index contributed by atoms with van der Waals surface area (Å²) in [5, 5.41) is 40.3. The van der Waals surface area contributed by atoms with E-state index in [2.05, 4.69) is 61.5 Å². The molecular weight excluding hydrogens is 546 g/mol. The molecule has 1 aliphatic carbocycles. The molecule has 4 heterocycles. The first-order valence-corrected chi connectivity index (χ1v) is 14.1. The van der Waals surface area contributed by atoms with Gasteiger partial charge in [0.2, 0.25) is 5.95 Å². The molecule has 2 unspecified atom stereocenters. The van der Waals surface area contributed by atoms with E-state index in [1.54, 1.807) is 12.1 Å². The predicted molar refractivity (Wildman–Crippen MR) is 153 cm³/mol. The van der Waals surface area contributed by atoms with Gasteiger partial charge in [-0.15, -0.1) is 5.10 Å². The minimum absolute atomic E-state index is 0.0194. The Morgan fingerprint density at radius 1 is 1.17 bits per heavy atom. The number of anilines is 4. The van der Waals surface area contributed by atoms with Crippen molar-refractivity contribution < 1.29 is 9.90 Å². The van der Waals surface area contributed by atoms with Crippen LogP contribution in [0.25, 0.3) is 5.65 Å². The van der Waals surface area contributed by atoms with Gasteiger partial charge in [0.1, 0.15) is 6.07 Å². The monoisotopic (exact) mass is 575 g/mol. The van der Waals surface area contributed by atoms with Crippen molar-refractivity contribution in [3.8, 4) is 12.1 Å². The first-order chi connectivity index (χ1) is 19.8. The number of nitrogens with zero attached hydrogens (tertiary/aromatic N) is 9. The molecule has 1 saturated carbocycles. The van der Waals surface area contributed by atoms with Gasteiger partial charge in [-0.1, -0.05) is 25.4 Å². The van der Waals surface area contributed by atoms with Crippen LogP contribution in [0.1, 0.15) is 37.9 Å². The van der Waals surface area contributed by atoms with Crippen molar-refractivity contribution in [3.05, 3.63) is 34.6 Å². The van der Waals surface area contributed by atoms with E-state index >= 15 is 0 Å². The summed E-state index contributed by atoms with van der Waals surface area (Å²) >= 11 is 6.93. The number of piperazine rings is 1. The Kier molecular flexibility index (Phi) is 6.93. The number of nitrogens with one attached hydrogen (secondary N) is 2. The van der Waals surface area contributed by atoms with Crippen molar-refractivity contribution >= 4 is 46.5 Å². The molecule has 13 nitrogen and oxygen atoms in total. The zero-order chi connectivity index (χ0) is 28.8. The minimum Gasteiger partial charge on any atom is -0.465 e. The third-order valence-electron chi connectivity index (χ3n) is 8.01. The molecule has 14 heteroatoms. The van der Waals surface area contributed by atoms with E-state index < -0.39 is 6.09 Å². The van der Waals surface area contributed by atoms with Crippen LogP contribution in [0.4, 0.5) is 27.9 Å². The molecule has 0 spiro atoms. The quantitative estimate of drug-likeness (QED) is 0.378. The zero-order valence-electron chi connectivity index (χ0n) is 22.7. The second kappa shape index (κ2) is 10.6. The van der Waals surface area contributed by atoms with Crippen LogP contribution < -0.4 is 15.5 Å². The number of aromatic nitrogens is 4. The van der Waals surface area contributed by atoms with Crippen molar-refractivity contribution in [2.24, 2.45) is 5.92 Å². The molecule has 6 rings (SSSR count). The Bertz CT molecular complexity index is 1580. The highest BCUT2D eigenvalue weighted by Gasteiger charge is 2.47. The van der Waals surface area contributed by atoms with Gasteiger partial charge < -0.3 is 25.5 Å². The first kappa shape index (κ1) is 26.9. The highest BCUT2D eigenvalue weighted by atomic mass is 35.5. The summed E-state index contributed by atoms with van der Waals surface area (Å²) in [5.41, 5.74) is 2.38. The molecule has 2 aliphatic heterocycles. The number of fused-ring (bicyclic) bond motifs is 1. The lowest BCUT2D eigenvalue weighted by molar-refractivity contribution is -0.0384. The van der Waals surface area contributed by atoms with Crippen LogP contribution in [-0.2, 0) is 0 Å². The molecule has 1 aromatic carbocycles. The molecule has 0 bridgehead atoms. The lowest BCUT2D eigenvalue weighted by Crippen LogP contribution is -2.71. The van der Waals surface area contributed by atoms with Crippen molar-refractivity contribution in [2.75, 3.05) is 48.3 Å². The average molecular weight is 576 g/mol. The maximum absolute atomic E-state index is 11.6. The van der Waals surface area contributed by atoms with E-state index in [1.807, 2.05) is 0 Å². The highest BCUT2D eigenvalue weighted by molar-refractivity contribution is 6.36. The van der Waals surface area contributed by atoms with Crippen molar-refractivity contribution in [3.63, 3.8) is 0 Å². The first-order valence-electron chi connectivity index (χ1n) is 13.7. The van der Waals surface area contributed by atoms with Gasteiger partial charge in [0.25, 0.3) is 0 Å². The molecule has 212 valence electrons. The maximum atomic E-state index is 11.6. The predicted octanol–water partition coefficient (Wildman–Crippen LogP) is 3.35. The standard InChI is InChI=1S/C27H30ClN11O2/c1-15(2)23-21(14-38(23)27(40)41)37-7-5-36(6-8-37)20-10-16(11-29)9-19(22(20)28)33-26-34-24(32-17-3-4-17)25-31-13-18(12-30)39(25)35-26/h9-10,13,15,17,21,23H,3-8,14H2,1-2H3,(H,40,41)(H2,32,33,34,35). The number of hydrogen-bond donors (Lipinski definition) is 3. The highest BCUT2D eigenvalue weighted by Crippen LogP contribution is 2.38. The molecule has 3 N–H and O–H groups in total. The zero-order valence-corrected chi connectivity index (χ0v) is 23.5. The number of hydrogen-bond acceptors (Lipinski definition) is 10. The summed E-state index contributed by atoms with van der Waals surface area (Å²) in [4.78, 5) is 26.6. The van der Waals surface area contributed by atoms with E-state index in [9.17, 15) is 20.4 Å². The van der Waals surface area contributed by atoms with E-state index in [0.29, 0.717) is 53.4 Å². The summed E-state index contributed by atoms with van der Waals surface area (Å²) in [6, 6.07) is 8.24. The van der Waals surface area contributed by atoms with Gasteiger partial charge in [0.15, 0.2) is 17.2 Å². The lowest BCUT2D eigenvalue weighted by atomic mass is 9.85. The third-order valence-corrected chi connectivity index (χ3v) is 8.41. The minimum atomic E-state index is -0.867. The molecule has 41 heavy (non-hydrogen) atoms. The summed E-state index contributed by atoms with van der Waals surface area (Å²) < 4.78 is 1.44. The summed E-state index contributed by atoms with van der Waals surface area (Å²) in [6.07, 6.45) is 2.66. The van der Waals surface area contributed by atoms with Gasteiger partial charge in [-0.3, -0.25) is 4.90 Å². The lowest BCUT2D eigenvalue weighted by Gasteiger charge is -2.54. The number of amides is 1. The summed E-state index contributed by atoms with van der Waals surface area (Å²) in [6.45, 7) is 7.51. The maximum Gasteiger partial charge on any atom is 0.407 e. The molecule has 1 amide bonds. The van der Waals surface area contributed by atoms with Crippen molar-refractivity contribution in [1.82, 2.24) is 29.4 Å². The van der Waals surface area contributed by atoms with Gasteiger partial charge in [0.05, 0.1) is 40.3 Å². The molecule has 3 aromatic rings. The van der Waals surface area contributed by atoms with Crippen molar-refractivity contribution in [1.29, 1.82) is 10.5 Å². The van der Waals surface area contributed by atoms with E-state index in [4.69, 9.17) is 11.6 Å². The molecule has 2 atom stereocenters. The fourth-order valence-electron chi connectivity index (χ4n) is 5.78. The van der Waals surface area contributed by atoms with Crippen LogP contribution in [0.5, 0.6) is 0 Å². The van der Waals surface area contributed by atoms with Gasteiger partial charge in [-0.25, -0.2) is 9.78 Å². The van der Waals surface area contributed by atoms with Gasteiger partial charge >= 0.3 is 6.09 Å². The second-order valence-corrected chi connectivity index (χ2v) is 11.4. The van der Waals surface area contributed by atoms with Gasteiger partial charge in [-0.2, -0.15) is 20.0 Å². The molecule has 3 aliphatic rings. The summed E-state index contributed by atoms with van der Waals surface area (Å²) in [5.74, 6) is 0.967. The van der Waals surface area contributed by atoms with Crippen molar-refractivity contribution in [2.45, 2.75) is 44.8 Å². The largest absolute Gasteiger partial charge is 0.465 e. The molecule has 3 fully saturated rings. The van der Waals surface area contributed by atoms with E-state index in [1.165, 1.54) is 15.6 Å². The van der Waals surface area contributed by atoms with Gasteiger partial charge in [0, 0.05) is 44.8 Å². The fourth-order valence-corrected chi connectivity index (χ4v) is 6.06. The molecular formula is C27H30ClN11O2.